The van der Waals surface area contributed by atoms with Crippen molar-refractivity contribution in [1.82, 2.24) is 95.2 Å². The van der Waals surface area contributed by atoms with E-state index in [2.05, 4.69) is 76.8 Å². The number of ketones is 10. The number of carbonyl (C=O) groups excluding carboxylic acids is 12. The van der Waals surface area contributed by atoms with E-state index in [1.165, 1.54) is 70.6 Å². The van der Waals surface area contributed by atoms with Crippen molar-refractivity contribution in [2.75, 3.05) is 32.0 Å². The average Bonchev–Trinajstić information content (AvgIpc) is 1.27. The lowest BCUT2D eigenvalue weighted by Crippen LogP contribution is -2.41. The molecule has 146 heavy (non-hydrogen) atoms. The first-order valence-corrected chi connectivity index (χ1v) is 46.4. The number of nitrogen functional groups attached to an aromatic ring is 1. The standard InChI is InChI=1S/C21H20BN7O4.C19H25BN6O4.C18H22BN5O5.C18H23BN4O5.C16H17BN4O5/c1-11(30)16-4-2-3-12-5-14(22(32)33-19(12)16)7-15(31)9-29-10-18(25-28-29)13-6-17-20(23)26-27-21(17)24-8-13;1-11(27)15-6-4-5-12-7-13(20(29)30-17(12)15)8-16(28)19(2,3)26-10-14(24-25-26)9-23-18(21)22;1-11(25)15-4-2-3-12-7-13(19(28)29-17(12)15)8-14(26)9-24-10-16(22-23-24)18(27)21-6-5-20;1-12(24)17-4-2-3-13-7-14(19(26)28-18(13)17)8-16(25)10-23-9-15(21-22-23)11-27-6-5-20;1-9(22)13-4-2-3-10-5-11(17(25)26-14(10)13)6-12(23)7-21-8-19-16(20-21)15(18)24/h2-4,6,8,10,14,32H,5,7,9H2,1H3,(H3,23,24,26,27);4-6,10,13,29H,7-9H2,1-3H3,(H4,21,22,23);2-4,10,13,28H,5-9,20H2,1H3,(H,21,27);2-4,9,14,26H,5-8,10-11,20H2,1H3;2-4,8,11,25H,5-7H2,1H3,(H2,18,24)/t14-;2*13-;14-;11-/m11111/s1. The average molecular weight is 2000 g/mol. The van der Waals surface area contributed by atoms with Crippen LogP contribution in [0.2, 0.25) is 29.1 Å². The summed E-state index contributed by atoms with van der Waals surface area (Å²) in [4.78, 5) is 156. The second-order valence-corrected chi connectivity index (χ2v) is 35.9. The van der Waals surface area contributed by atoms with E-state index in [1.807, 2.05) is 30.3 Å². The predicted octanol–water partition coefficient (Wildman–Crippen LogP) is 1.92. The van der Waals surface area contributed by atoms with Crippen molar-refractivity contribution in [3.05, 3.63) is 213 Å². The molecular weight excluding hydrogens is 1890 g/mol. The van der Waals surface area contributed by atoms with Gasteiger partial charge < -0.3 is 92.8 Å². The molecule has 0 fully saturated rings. The molecule has 0 unspecified atom stereocenters. The number of Topliss-reactive ketones (excluding diaryl/α,β-unsaturated/α-hetero) is 10. The molecule has 0 aliphatic carbocycles. The van der Waals surface area contributed by atoms with Gasteiger partial charge in [-0.05, 0) is 145 Å². The van der Waals surface area contributed by atoms with E-state index in [-0.39, 0.29) is 147 Å². The maximum Gasteiger partial charge on any atom is 0.526 e. The van der Waals surface area contributed by atoms with Gasteiger partial charge in [0.05, 0.1) is 77.7 Å². The van der Waals surface area contributed by atoms with Gasteiger partial charge in [0.1, 0.15) is 89.7 Å². The van der Waals surface area contributed by atoms with Crippen LogP contribution in [0.25, 0.3) is 22.3 Å². The van der Waals surface area contributed by atoms with E-state index in [0.29, 0.717) is 154 Å². The number of anilines is 1. The number of carbonyl (C=O) groups is 12. The molecule has 0 saturated carbocycles. The van der Waals surface area contributed by atoms with E-state index in [9.17, 15) is 82.7 Å². The van der Waals surface area contributed by atoms with Crippen LogP contribution in [0, 0.1) is 0 Å². The monoisotopic (exact) mass is 2000 g/mol. The minimum atomic E-state index is -1.19. The van der Waals surface area contributed by atoms with Gasteiger partial charge in [-0.15, -0.1) is 25.5 Å². The Balaban J connectivity index is 0.000000153. The largest absolute Gasteiger partial charge is 0.535 e. The summed E-state index contributed by atoms with van der Waals surface area (Å²) in [5.41, 5.74) is 40.3. The Morgan fingerprint density at radius 2 is 0.890 bits per heavy atom. The van der Waals surface area contributed by atoms with Gasteiger partial charge in [0.2, 0.25) is 5.82 Å². The quantitative estimate of drug-likeness (QED) is 0.00877. The van der Waals surface area contributed by atoms with Crippen LogP contribution in [0.1, 0.15) is 193 Å². The molecule has 2 amide bonds. The van der Waals surface area contributed by atoms with Gasteiger partial charge in [0.15, 0.2) is 75.1 Å². The summed E-state index contributed by atoms with van der Waals surface area (Å²) in [6.07, 6.45) is 11.7. The maximum atomic E-state index is 13.1. The van der Waals surface area contributed by atoms with Crippen molar-refractivity contribution in [2.24, 2.45) is 33.7 Å². The fourth-order valence-electron chi connectivity index (χ4n) is 16.8. The Kier molecular flexibility index (Phi) is 35.7. The number of ether oxygens (including phenoxy) is 1. The lowest BCUT2D eigenvalue weighted by molar-refractivity contribution is -0.127. The van der Waals surface area contributed by atoms with Gasteiger partial charge in [-0.1, -0.05) is 81.5 Å². The molecule has 49 nitrogen and oxygen atoms in total. The zero-order valence-corrected chi connectivity index (χ0v) is 80.7. The molecule has 12 aromatic rings. The number of nitrogens with one attached hydrogen (secondary N) is 2. The van der Waals surface area contributed by atoms with Crippen LogP contribution in [0.5, 0.6) is 28.7 Å². The number of aromatic nitrogens is 18. The van der Waals surface area contributed by atoms with Crippen molar-refractivity contribution in [1.29, 1.82) is 0 Å². The number of nitrogens with two attached hydrogens (primary N) is 6. The predicted molar refractivity (Wildman–Crippen MR) is 525 cm³/mol. The second-order valence-electron chi connectivity index (χ2n) is 35.9. The van der Waals surface area contributed by atoms with Crippen LogP contribution < -0.4 is 63.0 Å². The first kappa shape index (κ1) is 107. The normalized spacial score (nSPS) is 15.7. The fraction of sp³-hybridized carbons (Fsp3) is 0.359. The van der Waals surface area contributed by atoms with Crippen molar-refractivity contribution in [3.8, 4) is 40.0 Å². The highest BCUT2D eigenvalue weighted by Crippen LogP contribution is 2.43. The highest BCUT2D eigenvalue weighted by molar-refractivity contribution is 6.49. The molecular formula is C92H107B5N26O23. The Bertz CT molecular complexity index is 6900. The summed E-state index contributed by atoms with van der Waals surface area (Å²) in [7, 11) is -5.89. The third-order valence-electron chi connectivity index (χ3n) is 24.3. The molecule has 5 aliphatic rings. The van der Waals surface area contributed by atoms with Crippen LogP contribution in [-0.4, -0.2) is 252 Å². The Hall–Kier alpha value is -15.9. The highest BCUT2D eigenvalue weighted by atomic mass is 16.5. The Morgan fingerprint density at radius 1 is 0.493 bits per heavy atom. The lowest BCUT2D eigenvalue weighted by atomic mass is 9.63. The van der Waals surface area contributed by atoms with Gasteiger partial charge in [0.25, 0.3) is 11.8 Å². The van der Waals surface area contributed by atoms with E-state index in [1.54, 1.807) is 105 Å². The number of primary amides is 1. The molecule has 0 radical (unpaired) electrons. The first-order valence-electron chi connectivity index (χ1n) is 46.4. The number of hydrogen-bond donors (Lipinski definition) is 13. The van der Waals surface area contributed by atoms with Crippen molar-refractivity contribution < 1.29 is 111 Å². The summed E-state index contributed by atoms with van der Waals surface area (Å²) in [6.45, 7) is 12.5. The molecule has 17 rings (SSSR count). The summed E-state index contributed by atoms with van der Waals surface area (Å²) in [6, 6.07) is 28.0. The summed E-state index contributed by atoms with van der Waals surface area (Å²) >= 11 is 0. The Labute approximate surface area is 835 Å². The van der Waals surface area contributed by atoms with Crippen LogP contribution in [-0.2, 0) is 106 Å². The van der Waals surface area contributed by atoms with Gasteiger partial charge in [-0.25, -0.2) is 38.4 Å². The number of fused-ring (bicyclic) bond motifs is 6. The molecule has 12 heterocycles. The molecule has 5 aliphatic heterocycles. The molecule has 758 valence electrons. The van der Waals surface area contributed by atoms with Gasteiger partial charge in [-0.2, -0.15) is 5.10 Å². The topological polar surface area (TPSA) is 737 Å². The first-order chi connectivity index (χ1) is 69.7. The third kappa shape index (κ3) is 27.4. The number of nitrogens with zero attached hydrogens (tertiary/aromatic N) is 18. The van der Waals surface area contributed by atoms with Gasteiger partial charge in [-0.3, -0.25) is 62.6 Å². The minimum absolute atomic E-state index is 0.0000841. The second kappa shape index (κ2) is 48.5. The van der Waals surface area contributed by atoms with Crippen molar-refractivity contribution in [3.63, 3.8) is 0 Å². The number of guanidine groups is 1. The summed E-state index contributed by atoms with van der Waals surface area (Å²) in [5, 5.41) is 97.1. The summed E-state index contributed by atoms with van der Waals surface area (Å²) < 4.78 is 40.0. The summed E-state index contributed by atoms with van der Waals surface area (Å²) in [5.74, 6) is -2.69. The van der Waals surface area contributed by atoms with Crippen LogP contribution >= 0.6 is 0 Å². The number of amides is 2. The molecule has 19 N–H and O–H groups in total. The van der Waals surface area contributed by atoms with Crippen molar-refractivity contribution >= 4 is 128 Å². The van der Waals surface area contributed by atoms with Crippen LogP contribution in [0.3, 0.4) is 0 Å². The zero-order chi connectivity index (χ0) is 105. The van der Waals surface area contributed by atoms with E-state index >= 15 is 0 Å². The Morgan fingerprint density at radius 3 is 1.29 bits per heavy atom. The maximum absolute atomic E-state index is 13.1. The zero-order valence-electron chi connectivity index (χ0n) is 80.7. The number of hydrogen-bond acceptors (Lipinski definition) is 39. The van der Waals surface area contributed by atoms with E-state index in [0.717, 1.165) is 27.8 Å². The molecule has 5 atom stereocenters. The van der Waals surface area contributed by atoms with E-state index < -0.39 is 82.0 Å². The molecule has 0 saturated heterocycles. The molecule has 0 bridgehead atoms. The minimum Gasteiger partial charge on any atom is -0.535 e. The fourth-order valence-corrected chi connectivity index (χ4v) is 16.8. The number of benzene rings is 5. The van der Waals surface area contributed by atoms with Crippen LogP contribution in [0.4, 0.5) is 5.82 Å². The number of aromatic amines is 1. The number of para-hydroxylation sites is 5. The third-order valence-corrected chi connectivity index (χ3v) is 24.3. The lowest BCUT2D eigenvalue weighted by Gasteiger charge is -2.30. The molecule has 5 aromatic carbocycles. The number of rotatable bonds is 36. The number of H-pyrrole nitrogens is 1. The van der Waals surface area contributed by atoms with Gasteiger partial charge in [0, 0.05) is 92.6 Å². The van der Waals surface area contributed by atoms with Crippen LogP contribution in [0.15, 0.2) is 139 Å². The number of aliphatic imine (C=N–C) groups is 1. The molecule has 54 heteroatoms. The molecule has 7 aromatic heterocycles. The van der Waals surface area contributed by atoms with Crippen molar-refractivity contribution in [2.45, 2.75) is 187 Å². The smallest absolute Gasteiger partial charge is 0.526 e. The number of pyridine rings is 1. The van der Waals surface area contributed by atoms with E-state index in [4.69, 9.17) is 62.4 Å². The highest BCUT2D eigenvalue weighted by Gasteiger charge is 2.45. The SMILES string of the molecule is CC(=O)c1cccc2c1OB(O)[C@@H](CC(=O)C(C)(C)n1cc(CN=C(N)N)nn1)C2.CC(=O)c1cccc2c1OB(O)[C@@H](CC(=O)Cn1cc(-c3cnc4n[nH]c(N)c4c3)nn1)C2.CC(=O)c1cccc2c1OB(O)[C@@H](CC(=O)Cn1cc(C(=O)NCCN)nn1)C2.CC(=O)c1cccc2c1OB(O)[C@@H](CC(=O)Cn1cc(COCCN)nn1)C2.CC(=O)c1cccc2c1OB(O)[C@@H](CC(=O)Cn1cnc(C(N)=O)n1)C2. The van der Waals surface area contributed by atoms with Gasteiger partial charge >= 0.3 is 35.6 Å². The molecule has 0 spiro atoms.